The van der Waals surface area contributed by atoms with E-state index in [4.69, 9.17) is 4.74 Å². The van der Waals surface area contributed by atoms with E-state index < -0.39 is 6.10 Å². The average molecular weight is 304 g/mol. The van der Waals surface area contributed by atoms with Gasteiger partial charge in [-0.05, 0) is 41.7 Å². The van der Waals surface area contributed by atoms with Gasteiger partial charge in [-0.15, -0.1) is 11.3 Å². The fourth-order valence-corrected chi connectivity index (χ4v) is 3.14. The van der Waals surface area contributed by atoms with Crippen LogP contribution < -0.4 is 4.74 Å². The van der Waals surface area contributed by atoms with Crippen LogP contribution in [0.4, 0.5) is 0 Å². The Morgan fingerprint density at radius 3 is 2.57 bits per heavy atom. The van der Waals surface area contributed by atoms with Gasteiger partial charge in [0.2, 0.25) is 0 Å². The lowest BCUT2D eigenvalue weighted by molar-refractivity contribution is 0.223. The Labute approximate surface area is 131 Å². The lowest BCUT2D eigenvalue weighted by atomic mass is 9.95. The molecule has 1 unspecified atom stereocenters. The van der Waals surface area contributed by atoms with E-state index in [1.54, 1.807) is 11.3 Å². The molecule has 0 amide bonds. The Morgan fingerprint density at radius 2 is 1.95 bits per heavy atom. The minimum atomic E-state index is -0.587. The summed E-state index contributed by atoms with van der Waals surface area (Å²) in [5.74, 6) is 0.820. The number of aliphatic hydroxyl groups is 1. The number of ether oxygens (including phenoxy) is 1. The number of rotatable bonds is 5. The molecule has 0 aliphatic carbocycles. The quantitative estimate of drug-likeness (QED) is 0.850. The van der Waals surface area contributed by atoms with Crippen LogP contribution in [0, 0.1) is 0 Å². The summed E-state index contributed by atoms with van der Waals surface area (Å²) < 4.78 is 5.63. The first kappa shape index (κ1) is 16.1. The van der Waals surface area contributed by atoms with Crippen LogP contribution in [-0.2, 0) is 5.41 Å². The van der Waals surface area contributed by atoms with Gasteiger partial charge >= 0.3 is 0 Å². The van der Waals surface area contributed by atoms with Crippen molar-refractivity contribution in [2.75, 3.05) is 6.61 Å². The number of benzene rings is 1. The van der Waals surface area contributed by atoms with Crippen molar-refractivity contribution in [1.82, 2.24) is 0 Å². The van der Waals surface area contributed by atoms with E-state index in [0.29, 0.717) is 6.61 Å². The van der Waals surface area contributed by atoms with Crippen molar-refractivity contribution < 1.29 is 9.84 Å². The topological polar surface area (TPSA) is 29.5 Å². The number of hydrogen-bond donors (Lipinski definition) is 1. The SMILES string of the molecule is CCCOc1cccc(C(O)c2ccc(C(C)(C)C)s2)c1. The third kappa shape index (κ3) is 4.08. The summed E-state index contributed by atoms with van der Waals surface area (Å²) in [6.45, 7) is 9.35. The van der Waals surface area contributed by atoms with Gasteiger partial charge in [-0.1, -0.05) is 39.8 Å². The molecule has 114 valence electrons. The van der Waals surface area contributed by atoms with Crippen molar-refractivity contribution >= 4 is 11.3 Å². The largest absolute Gasteiger partial charge is 0.494 e. The Kier molecular flexibility index (Phi) is 5.07. The second-order valence-corrected chi connectivity index (χ2v) is 7.39. The van der Waals surface area contributed by atoms with Gasteiger partial charge < -0.3 is 9.84 Å². The first-order chi connectivity index (χ1) is 9.91. The summed E-state index contributed by atoms with van der Waals surface area (Å²) in [5.41, 5.74) is 1.00. The first-order valence-electron chi connectivity index (χ1n) is 7.43. The highest BCUT2D eigenvalue weighted by Gasteiger charge is 2.19. The van der Waals surface area contributed by atoms with Gasteiger partial charge in [-0.25, -0.2) is 0 Å². The minimum Gasteiger partial charge on any atom is -0.494 e. The van der Waals surface area contributed by atoms with E-state index in [0.717, 1.165) is 22.6 Å². The molecule has 0 saturated heterocycles. The van der Waals surface area contributed by atoms with Gasteiger partial charge in [-0.2, -0.15) is 0 Å². The highest BCUT2D eigenvalue weighted by Crippen LogP contribution is 2.35. The molecule has 0 radical (unpaired) electrons. The van der Waals surface area contributed by atoms with Gasteiger partial charge in [0.05, 0.1) is 6.61 Å². The Hall–Kier alpha value is -1.32. The number of hydrogen-bond acceptors (Lipinski definition) is 3. The highest BCUT2D eigenvalue weighted by atomic mass is 32.1. The zero-order valence-corrected chi connectivity index (χ0v) is 14.0. The third-order valence-corrected chi connectivity index (χ3v) is 4.85. The first-order valence-corrected chi connectivity index (χ1v) is 8.24. The minimum absolute atomic E-state index is 0.120. The molecule has 2 aromatic rings. The number of aliphatic hydroxyl groups excluding tert-OH is 1. The van der Waals surface area contributed by atoms with Crippen LogP contribution in [-0.4, -0.2) is 11.7 Å². The standard InChI is InChI=1S/C18H24O2S/c1-5-11-20-14-8-6-7-13(12-14)17(19)15-9-10-16(21-15)18(2,3)4/h6-10,12,17,19H,5,11H2,1-4H3. The van der Waals surface area contributed by atoms with Gasteiger partial charge in [0.15, 0.2) is 0 Å². The van der Waals surface area contributed by atoms with Crippen LogP contribution in [0.1, 0.15) is 55.5 Å². The predicted octanol–water partition coefficient (Wildman–Crippen LogP) is 4.92. The maximum Gasteiger partial charge on any atom is 0.119 e. The van der Waals surface area contributed by atoms with E-state index in [9.17, 15) is 5.11 Å². The molecule has 0 spiro atoms. The maximum atomic E-state index is 10.6. The van der Waals surface area contributed by atoms with Crippen LogP contribution in [0.2, 0.25) is 0 Å². The van der Waals surface area contributed by atoms with Gasteiger partial charge in [0.1, 0.15) is 11.9 Å². The Balaban J connectivity index is 2.19. The van der Waals surface area contributed by atoms with Crippen LogP contribution >= 0.6 is 11.3 Å². The van der Waals surface area contributed by atoms with E-state index >= 15 is 0 Å². The van der Waals surface area contributed by atoms with E-state index in [2.05, 4.69) is 33.8 Å². The van der Waals surface area contributed by atoms with Crippen molar-refractivity contribution in [3.05, 3.63) is 51.7 Å². The van der Waals surface area contributed by atoms with Crippen molar-refractivity contribution in [1.29, 1.82) is 0 Å². The van der Waals surface area contributed by atoms with E-state index in [-0.39, 0.29) is 5.41 Å². The molecule has 1 N–H and O–H groups in total. The normalized spacial score (nSPS) is 13.2. The fraction of sp³-hybridized carbons (Fsp3) is 0.444. The third-order valence-electron chi connectivity index (χ3n) is 3.28. The molecule has 0 fully saturated rings. The summed E-state index contributed by atoms with van der Waals surface area (Å²) in [4.78, 5) is 2.27. The monoisotopic (exact) mass is 304 g/mol. The Bertz CT molecular complexity index is 581. The molecule has 3 heteroatoms. The molecule has 1 aromatic heterocycles. The van der Waals surface area contributed by atoms with Crippen molar-refractivity contribution in [2.24, 2.45) is 0 Å². The molecule has 1 heterocycles. The zero-order chi connectivity index (χ0) is 15.5. The lowest BCUT2D eigenvalue weighted by Gasteiger charge is -2.16. The molecule has 0 saturated carbocycles. The Morgan fingerprint density at radius 1 is 1.19 bits per heavy atom. The number of thiophene rings is 1. The molecule has 1 atom stereocenters. The van der Waals surface area contributed by atoms with Crippen LogP contribution in [0.5, 0.6) is 5.75 Å². The van der Waals surface area contributed by atoms with Gasteiger partial charge in [0.25, 0.3) is 0 Å². The molecule has 0 aliphatic heterocycles. The summed E-state index contributed by atoms with van der Waals surface area (Å²) in [6.07, 6.45) is 0.392. The van der Waals surface area contributed by atoms with Crippen molar-refractivity contribution in [3.8, 4) is 5.75 Å². The molecule has 2 nitrogen and oxygen atoms in total. The summed E-state index contributed by atoms with van der Waals surface area (Å²) in [6, 6.07) is 11.9. The molecule has 2 rings (SSSR count). The van der Waals surface area contributed by atoms with Crippen molar-refractivity contribution in [2.45, 2.75) is 45.6 Å². The van der Waals surface area contributed by atoms with E-state index in [1.807, 2.05) is 30.3 Å². The van der Waals surface area contributed by atoms with Crippen LogP contribution in [0.25, 0.3) is 0 Å². The molecule has 1 aromatic carbocycles. The van der Waals surface area contributed by atoms with Crippen LogP contribution in [0.15, 0.2) is 36.4 Å². The predicted molar refractivity (Wildman–Crippen MR) is 89.3 cm³/mol. The molecule has 21 heavy (non-hydrogen) atoms. The van der Waals surface area contributed by atoms with Gasteiger partial charge in [0, 0.05) is 9.75 Å². The molecular weight excluding hydrogens is 280 g/mol. The molecule has 0 aliphatic rings. The second-order valence-electron chi connectivity index (χ2n) is 6.28. The van der Waals surface area contributed by atoms with Gasteiger partial charge in [-0.3, -0.25) is 0 Å². The van der Waals surface area contributed by atoms with Crippen LogP contribution in [0.3, 0.4) is 0 Å². The maximum absolute atomic E-state index is 10.6. The van der Waals surface area contributed by atoms with E-state index in [1.165, 1.54) is 4.88 Å². The average Bonchev–Trinajstić information content (AvgIpc) is 2.94. The molecular formula is C18H24O2S. The summed E-state index contributed by atoms with van der Waals surface area (Å²) in [5, 5.41) is 10.6. The zero-order valence-electron chi connectivity index (χ0n) is 13.2. The molecule has 0 bridgehead atoms. The lowest BCUT2D eigenvalue weighted by Crippen LogP contribution is -2.07. The fourth-order valence-electron chi connectivity index (χ4n) is 2.06. The van der Waals surface area contributed by atoms with Crippen molar-refractivity contribution in [3.63, 3.8) is 0 Å². The second kappa shape index (κ2) is 6.63. The summed E-state index contributed by atoms with van der Waals surface area (Å²) >= 11 is 1.68. The highest BCUT2D eigenvalue weighted by molar-refractivity contribution is 7.12. The summed E-state index contributed by atoms with van der Waals surface area (Å²) in [7, 11) is 0. The smallest absolute Gasteiger partial charge is 0.119 e.